The smallest absolute Gasteiger partial charge is 0.311 e. The molecule has 1 aliphatic carbocycles. The van der Waals surface area contributed by atoms with E-state index >= 15 is 0 Å². The molecule has 0 amide bonds. The summed E-state index contributed by atoms with van der Waals surface area (Å²) in [6, 6.07) is 1.94. The lowest BCUT2D eigenvalue weighted by molar-refractivity contribution is -0.150. The van der Waals surface area contributed by atoms with Crippen LogP contribution in [0.2, 0.25) is 0 Å². The minimum Gasteiger partial charge on any atom is -0.481 e. The van der Waals surface area contributed by atoms with Crippen molar-refractivity contribution in [3.63, 3.8) is 0 Å². The Bertz CT molecular complexity index is 620. The highest BCUT2D eigenvalue weighted by molar-refractivity contribution is 7.17. The molecule has 0 radical (unpaired) electrons. The summed E-state index contributed by atoms with van der Waals surface area (Å²) in [5.74, 6) is 0.0531. The van der Waals surface area contributed by atoms with Gasteiger partial charge in [0.2, 0.25) is 0 Å². The number of rotatable bonds is 4. The first-order valence-electron chi connectivity index (χ1n) is 6.87. The molecule has 0 unspecified atom stereocenters. The van der Waals surface area contributed by atoms with E-state index in [1.54, 1.807) is 11.3 Å². The third-order valence-electron chi connectivity index (χ3n) is 4.10. The fourth-order valence-corrected chi connectivity index (χ4v) is 3.67. The number of carbonyl (C=O) groups is 1. The van der Waals surface area contributed by atoms with Gasteiger partial charge in [-0.1, -0.05) is 19.3 Å². The van der Waals surface area contributed by atoms with Crippen LogP contribution in [0, 0.1) is 5.41 Å². The molecule has 6 heteroatoms. The number of fused-ring (bicyclic) bond motifs is 1. The average Bonchev–Trinajstić information content (AvgIpc) is 2.95. The number of anilines is 1. The molecule has 20 heavy (non-hydrogen) atoms. The molecular formula is C14H17N3O2S. The van der Waals surface area contributed by atoms with Gasteiger partial charge in [0.15, 0.2) is 0 Å². The van der Waals surface area contributed by atoms with Crippen molar-refractivity contribution in [2.75, 3.05) is 11.9 Å². The first-order chi connectivity index (χ1) is 9.71. The SMILES string of the molecule is O=C(O)C1(CNc2ncnc3ccsc23)CCCCC1. The summed E-state index contributed by atoms with van der Waals surface area (Å²) in [5.41, 5.74) is 0.257. The Morgan fingerprint density at radius 3 is 2.90 bits per heavy atom. The topological polar surface area (TPSA) is 75.1 Å². The molecule has 3 rings (SSSR count). The second-order valence-electron chi connectivity index (χ2n) is 5.36. The van der Waals surface area contributed by atoms with Crippen molar-refractivity contribution in [3.05, 3.63) is 17.8 Å². The number of nitrogens with zero attached hydrogens (tertiary/aromatic N) is 2. The molecule has 0 atom stereocenters. The zero-order valence-corrected chi connectivity index (χ0v) is 11.9. The predicted octanol–water partition coefficient (Wildman–Crippen LogP) is 3.14. The number of aliphatic carboxylic acids is 1. The molecule has 1 aliphatic rings. The molecule has 2 aromatic rings. The molecular weight excluding hydrogens is 274 g/mol. The Morgan fingerprint density at radius 1 is 1.35 bits per heavy atom. The number of nitrogens with one attached hydrogen (secondary N) is 1. The van der Waals surface area contributed by atoms with Crippen LogP contribution in [0.3, 0.4) is 0 Å². The average molecular weight is 291 g/mol. The minimum absolute atomic E-state index is 0.437. The van der Waals surface area contributed by atoms with Crippen LogP contribution >= 0.6 is 11.3 Å². The molecule has 0 aromatic carbocycles. The number of hydrogen-bond donors (Lipinski definition) is 2. The first kappa shape index (κ1) is 13.3. The standard InChI is InChI=1S/C14H17N3O2S/c18-13(19)14(5-2-1-3-6-14)8-15-12-11-10(4-7-20-11)16-9-17-12/h4,7,9H,1-3,5-6,8H2,(H,18,19)(H,15,16,17). The Hall–Kier alpha value is -1.69. The lowest BCUT2D eigenvalue weighted by atomic mass is 9.74. The van der Waals surface area contributed by atoms with E-state index in [1.807, 2.05) is 11.4 Å². The number of hydrogen-bond acceptors (Lipinski definition) is 5. The zero-order chi connectivity index (χ0) is 14.0. The summed E-state index contributed by atoms with van der Waals surface area (Å²) in [5, 5.41) is 14.8. The Kier molecular flexibility index (Phi) is 3.56. The molecule has 0 aliphatic heterocycles. The van der Waals surface area contributed by atoms with Gasteiger partial charge in [0.1, 0.15) is 12.1 Å². The molecule has 1 fully saturated rings. The fraction of sp³-hybridized carbons (Fsp3) is 0.500. The van der Waals surface area contributed by atoms with Crippen LogP contribution in [-0.4, -0.2) is 27.6 Å². The van der Waals surface area contributed by atoms with Gasteiger partial charge in [-0.25, -0.2) is 9.97 Å². The van der Waals surface area contributed by atoms with Crippen molar-refractivity contribution in [3.8, 4) is 0 Å². The van der Waals surface area contributed by atoms with Gasteiger partial charge in [-0.05, 0) is 24.3 Å². The highest BCUT2D eigenvalue weighted by Gasteiger charge is 2.39. The van der Waals surface area contributed by atoms with Gasteiger partial charge in [0, 0.05) is 6.54 Å². The zero-order valence-electron chi connectivity index (χ0n) is 11.1. The van der Waals surface area contributed by atoms with Gasteiger partial charge in [-0.15, -0.1) is 11.3 Å². The molecule has 2 N–H and O–H groups in total. The maximum atomic E-state index is 11.6. The summed E-state index contributed by atoms with van der Waals surface area (Å²) in [7, 11) is 0. The highest BCUT2D eigenvalue weighted by Crippen LogP contribution is 2.37. The van der Waals surface area contributed by atoms with E-state index in [4.69, 9.17) is 0 Å². The first-order valence-corrected chi connectivity index (χ1v) is 7.75. The quantitative estimate of drug-likeness (QED) is 0.905. The van der Waals surface area contributed by atoms with Gasteiger partial charge in [0.05, 0.1) is 15.6 Å². The van der Waals surface area contributed by atoms with Gasteiger partial charge in [0.25, 0.3) is 0 Å². The van der Waals surface area contributed by atoms with Crippen LogP contribution in [0.15, 0.2) is 17.8 Å². The van der Waals surface area contributed by atoms with E-state index in [0.29, 0.717) is 6.54 Å². The van der Waals surface area contributed by atoms with Crippen LogP contribution in [0.5, 0.6) is 0 Å². The maximum Gasteiger partial charge on any atom is 0.311 e. The molecule has 106 valence electrons. The van der Waals surface area contributed by atoms with Gasteiger partial charge in [-0.3, -0.25) is 4.79 Å². The van der Waals surface area contributed by atoms with Crippen LogP contribution < -0.4 is 5.32 Å². The van der Waals surface area contributed by atoms with E-state index in [1.165, 1.54) is 6.33 Å². The van der Waals surface area contributed by atoms with Crippen LogP contribution in [0.25, 0.3) is 10.2 Å². The minimum atomic E-state index is -0.693. The summed E-state index contributed by atoms with van der Waals surface area (Å²) in [6.45, 7) is 0.437. The number of carboxylic acid groups (broad SMARTS) is 1. The number of thiophene rings is 1. The van der Waals surface area contributed by atoms with Crippen LogP contribution in [0.1, 0.15) is 32.1 Å². The second kappa shape index (κ2) is 5.36. The van der Waals surface area contributed by atoms with Gasteiger partial charge < -0.3 is 10.4 Å². The molecule has 0 bridgehead atoms. The van der Waals surface area contributed by atoms with Crippen LogP contribution in [-0.2, 0) is 4.79 Å². The summed E-state index contributed by atoms with van der Waals surface area (Å²) >= 11 is 1.57. The molecule has 1 saturated carbocycles. The second-order valence-corrected chi connectivity index (χ2v) is 6.27. The number of aromatic nitrogens is 2. The molecule has 0 spiro atoms. The fourth-order valence-electron chi connectivity index (χ4n) is 2.86. The lowest BCUT2D eigenvalue weighted by Gasteiger charge is -2.33. The van der Waals surface area contributed by atoms with Crippen molar-refractivity contribution in [1.29, 1.82) is 0 Å². The van der Waals surface area contributed by atoms with E-state index in [2.05, 4.69) is 15.3 Å². The maximum absolute atomic E-state index is 11.6. The normalized spacial score (nSPS) is 18.0. The van der Waals surface area contributed by atoms with Crippen molar-refractivity contribution < 1.29 is 9.90 Å². The predicted molar refractivity (Wildman–Crippen MR) is 79.1 cm³/mol. The summed E-state index contributed by atoms with van der Waals surface area (Å²) in [6.07, 6.45) is 6.13. The van der Waals surface area contributed by atoms with E-state index in [0.717, 1.165) is 48.1 Å². The van der Waals surface area contributed by atoms with E-state index < -0.39 is 11.4 Å². The van der Waals surface area contributed by atoms with E-state index in [-0.39, 0.29) is 0 Å². The molecule has 0 saturated heterocycles. The lowest BCUT2D eigenvalue weighted by Crippen LogP contribution is -2.39. The summed E-state index contributed by atoms with van der Waals surface area (Å²) in [4.78, 5) is 20.1. The molecule has 2 aromatic heterocycles. The third-order valence-corrected chi connectivity index (χ3v) is 5.01. The highest BCUT2D eigenvalue weighted by atomic mass is 32.1. The van der Waals surface area contributed by atoms with Crippen molar-refractivity contribution in [2.45, 2.75) is 32.1 Å². The Balaban J connectivity index is 1.80. The number of carboxylic acids is 1. The Labute approximate surface area is 121 Å². The molecule has 5 nitrogen and oxygen atoms in total. The van der Waals surface area contributed by atoms with Gasteiger partial charge in [-0.2, -0.15) is 0 Å². The van der Waals surface area contributed by atoms with Crippen molar-refractivity contribution >= 4 is 33.3 Å². The Morgan fingerprint density at radius 2 is 2.15 bits per heavy atom. The van der Waals surface area contributed by atoms with E-state index in [9.17, 15) is 9.90 Å². The van der Waals surface area contributed by atoms with Crippen molar-refractivity contribution in [1.82, 2.24) is 9.97 Å². The third kappa shape index (κ3) is 2.35. The van der Waals surface area contributed by atoms with Crippen molar-refractivity contribution in [2.24, 2.45) is 5.41 Å². The van der Waals surface area contributed by atoms with Gasteiger partial charge >= 0.3 is 5.97 Å². The largest absolute Gasteiger partial charge is 0.481 e. The van der Waals surface area contributed by atoms with Crippen LogP contribution in [0.4, 0.5) is 5.82 Å². The summed E-state index contributed by atoms with van der Waals surface area (Å²) < 4.78 is 0.990. The molecule has 2 heterocycles. The monoisotopic (exact) mass is 291 g/mol.